The van der Waals surface area contributed by atoms with E-state index in [0.29, 0.717) is 5.92 Å². The van der Waals surface area contributed by atoms with Gasteiger partial charge in [-0.05, 0) is 25.7 Å². The highest BCUT2D eigenvalue weighted by Gasteiger charge is 2.29. The molecular formula is C13H19N3O. The summed E-state index contributed by atoms with van der Waals surface area (Å²) in [6.07, 6.45) is 10.9. The van der Waals surface area contributed by atoms with Gasteiger partial charge in [0.25, 0.3) is 0 Å². The van der Waals surface area contributed by atoms with Crippen molar-refractivity contribution in [3.63, 3.8) is 0 Å². The average Bonchev–Trinajstić information content (AvgIpc) is 3.00. The Hall–Kier alpha value is -1.32. The molecule has 0 radical (unpaired) electrons. The van der Waals surface area contributed by atoms with Gasteiger partial charge >= 0.3 is 0 Å². The van der Waals surface area contributed by atoms with Crippen molar-refractivity contribution in [2.45, 2.75) is 50.5 Å². The maximum Gasteiger partial charge on any atom is 0.243 e. The molecule has 2 fully saturated rings. The fraction of sp³-hybridized carbons (Fsp3) is 0.692. The smallest absolute Gasteiger partial charge is 0.243 e. The molecule has 1 N–H and O–H groups in total. The van der Waals surface area contributed by atoms with Crippen molar-refractivity contribution < 1.29 is 4.79 Å². The van der Waals surface area contributed by atoms with Crippen molar-refractivity contribution in [2.75, 3.05) is 6.54 Å². The first-order valence-corrected chi connectivity index (χ1v) is 6.66. The third-order valence-electron chi connectivity index (χ3n) is 4.01. The predicted molar refractivity (Wildman–Crippen MR) is 64.7 cm³/mol. The standard InChI is InChI=1S/C13H19N3O/c17-13-11(6-3-7-15-13)16-9-8-14-12(16)10-4-1-2-5-10/h8-11H,1-7H2,(H,15,17). The minimum absolute atomic E-state index is 0.0261. The molecule has 2 aliphatic rings. The lowest BCUT2D eigenvalue weighted by molar-refractivity contribution is -0.125. The van der Waals surface area contributed by atoms with Crippen LogP contribution in [0.3, 0.4) is 0 Å². The molecule has 1 unspecified atom stereocenters. The number of amides is 1. The van der Waals surface area contributed by atoms with Crippen LogP contribution in [0.15, 0.2) is 12.4 Å². The number of rotatable bonds is 2. The van der Waals surface area contributed by atoms with Gasteiger partial charge in [0.05, 0.1) is 0 Å². The Bertz CT molecular complexity index is 407. The molecule has 1 aliphatic heterocycles. The van der Waals surface area contributed by atoms with E-state index >= 15 is 0 Å². The van der Waals surface area contributed by atoms with E-state index < -0.39 is 0 Å². The lowest BCUT2D eigenvalue weighted by Crippen LogP contribution is -2.38. The van der Waals surface area contributed by atoms with Crippen LogP contribution in [-0.4, -0.2) is 22.0 Å². The zero-order valence-electron chi connectivity index (χ0n) is 10.1. The van der Waals surface area contributed by atoms with Crippen LogP contribution in [0.5, 0.6) is 0 Å². The minimum atomic E-state index is -0.0261. The summed E-state index contributed by atoms with van der Waals surface area (Å²) in [5, 5.41) is 2.95. The van der Waals surface area contributed by atoms with Crippen LogP contribution in [0.1, 0.15) is 56.3 Å². The van der Waals surface area contributed by atoms with Crippen molar-refractivity contribution in [3.05, 3.63) is 18.2 Å². The molecule has 4 heteroatoms. The lowest BCUT2D eigenvalue weighted by atomic mass is 10.0. The van der Waals surface area contributed by atoms with Crippen LogP contribution >= 0.6 is 0 Å². The Morgan fingerprint density at radius 1 is 1.24 bits per heavy atom. The van der Waals surface area contributed by atoms with Gasteiger partial charge in [-0.1, -0.05) is 12.8 Å². The Balaban J connectivity index is 1.86. The maximum atomic E-state index is 11.9. The molecule has 1 atom stereocenters. The first-order chi connectivity index (χ1) is 8.36. The number of carbonyl (C=O) groups is 1. The molecule has 1 aromatic heterocycles. The number of nitrogens with zero attached hydrogens (tertiary/aromatic N) is 2. The third-order valence-corrected chi connectivity index (χ3v) is 4.01. The molecule has 1 aliphatic carbocycles. The molecular weight excluding hydrogens is 214 g/mol. The van der Waals surface area contributed by atoms with Gasteiger partial charge in [0.15, 0.2) is 0 Å². The van der Waals surface area contributed by atoms with E-state index in [1.54, 1.807) is 0 Å². The normalized spacial score (nSPS) is 26.1. The molecule has 17 heavy (non-hydrogen) atoms. The largest absolute Gasteiger partial charge is 0.354 e. The number of hydrogen-bond donors (Lipinski definition) is 1. The van der Waals surface area contributed by atoms with E-state index in [1.807, 2.05) is 12.4 Å². The molecule has 0 bridgehead atoms. The molecule has 1 aromatic rings. The molecule has 1 amide bonds. The van der Waals surface area contributed by atoms with Crippen molar-refractivity contribution in [2.24, 2.45) is 0 Å². The SMILES string of the molecule is O=C1NCCCC1n1ccnc1C1CCCC1. The Labute approximate surface area is 101 Å². The molecule has 1 saturated heterocycles. The zero-order chi connectivity index (χ0) is 11.7. The van der Waals surface area contributed by atoms with Gasteiger partial charge in [0.2, 0.25) is 5.91 Å². The second kappa shape index (κ2) is 4.51. The third kappa shape index (κ3) is 1.96. The summed E-state index contributed by atoms with van der Waals surface area (Å²) < 4.78 is 2.12. The summed E-state index contributed by atoms with van der Waals surface area (Å²) in [6.45, 7) is 0.822. The monoisotopic (exact) mass is 233 g/mol. The predicted octanol–water partition coefficient (Wildman–Crippen LogP) is 1.99. The van der Waals surface area contributed by atoms with Gasteiger partial charge < -0.3 is 9.88 Å². The Morgan fingerprint density at radius 3 is 2.82 bits per heavy atom. The van der Waals surface area contributed by atoms with Gasteiger partial charge in [-0.2, -0.15) is 0 Å². The van der Waals surface area contributed by atoms with E-state index in [4.69, 9.17) is 0 Å². The summed E-state index contributed by atoms with van der Waals surface area (Å²) in [6, 6.07) is -0.0261. The van der Waals surface area contributed by atoms with E-state index in [2.05, 4.69) is 14.9 Å². The van der Waals surface area contributed by atoms with Crippen LogP contribution in [-0.2, 0) is 4.79 Å². The maximum absolute atomic E-state index is 11.9. The summed E-state index contributed by atoms with van der Waals surface area (Å²) in [5.74, 6) is 1.86. The Morgan fingerprint density at radius 2 is 2.06 bits per heavy atom. The van der Waals surface area contributed by atoms with E-state index in [9.17, 15) is 4.79 Å². The van der Waals surface area contributed by atoms with Gasteiger partial charge in [-0.15, -0.1) is 0 Å². The summed E-state index contributed by atoms with van der Waals surface area (Å²) in [7, 11) is 0. The second-order valence-electron chi connectivity index (χ2n) is 5.12. The lowest BCUT2D eigenvalue weighted by Gasteiger charge is -2.25. The number of imidazole rings is 1. The highest BCUT2D eigenvalue weighted by Crippen LogP contribution is 2.34. The number of carbonyl (C=O) groups excluding carboxylic acids is 1. The summed E-state index contributed by atoms with van der Waals surface area (Å²) >= 11 is 0. The van der Waals surface area contributed by atoms with E-state index in [-0.39, 0.29) is 11.9 Å². The van der Waals surface area contributed by atoms with Crippen molar-refractivity contribution in [1.29, 1.82) is 0 Å². The van der Waals surface area contributed by atoms with Crippen LogP contribution < -0.4 is 5.32 Å². The Kier molecular flexibility index (Phi) is 2.87. The van der Waals surface area contributed by atoms with Gasteiger partial charge in [0.1, 0.15) is 11.9 Å². The number of nitrogens with one attached hydrogen (secondary N) is 1. The molecule has 2 heterocycles. The van der Waals surface area contributed by atoms with Gasteiger partial charge in [0, 0.05) is 24.9 Å². The number of hydrogen-bond acceptors (Lipinski definition) is 2. The number of aromatic nitrogens is 2. The van der Waals surface area contributed by atoms with Crippen LogP contribution in [0.2, 0.25) is 0 Å². The number of piperidine rings is 1. The van der Waals surface area contributed by atoms with Crippen molar-refractivity contribution in [3.8, 4) is 0 Å². The fourth-order valence-electron chi connectivity index (χ4n) is 3.11. The fourth-order valence-corrected chi connectivity index (χ4v) is 3.11. The topological polar surface area (TPSA) is 46.9 Å². The minimum Gasteiger partial charge on any atom is -0.354 e. The molecule has 3 rings (SSSR count). The van der Waals surface area contributed by atoms with Crippen molar-refractivity contribution >= 4 is 5.91 Å². The first-order valence-electron chi connectivity index (χ1n) is 6.66. The highest BCUT2D eigenvalue weighted by molar-refractivity contribution is 5.81. The van der Waals surface area contributed by atoms with Gasteiger partial charge in [-0.3, -0.25) is 4.79 Å². The quantitative estimate of drug-likeness (QED) is 0.849. The van der Waals surface area contributed by atoms with Gasteiger partial charge in [-0.25, -0.2) is 4.98 Å². The second-order valence-corrected chi connectivity index (χ2v) is 5.12. The molecule has 92 valence electrons. The van der Waals surface area contributed by atoms with Crippen molar-refractivity contribution in [1.82, 2.24) is 14.9 Å². The molecule has 4 nitrogen and oxygen atoms in total. The first kappa shape index (κ1) is 10.8. The summed E-state index contributed by atoms with van der Waals surface area (Å²) in [4.78, 5) is 16.4. The molecule has 0 spiro atoms. The molecule has 1 saturated carbocycles. The molecule has 0 aromatic carbocycles. The zero-order valence-corrected chi connectivity index (χ0v) is 10.1. The highest BCUT2D eigenvalue weighted by atomic mass is 16.2. The van der Waals surface area contributed by atoms with Crippen LogP contribution in [0.25, 0.3) is 0 Å². The summed E-state index contributed by atoms with van der Waals surface area (Å²) in [5.41, 5.74) is 0. The van der Waals surface area contributed by atoms with Crippen LogP contribution in [0, 0.1) is 0 Å². The van der Waals surface area contributed by atoms with Crippen LogP contribution in [0.4, 0.5) is 0 Å². The van der Waals surface area contributed by atoms with E-state index in [0.717, 1.165) is 25.2 Å². The van der Waals surface area contributed by atoms with E-state index in [1.165, 1.54) is 25.7 Å². The average molecular weight is 233 g/mol.